The Balaban J connectivity index is 0.000000980. The maximum absolute atomic E-state index is 5.53. The first-order chi connectivity index (χ1) is 6.40. The molecule has 1 aromatic rings. The summed E-state index contributed by atoms with van der Waals surface area (Å²) in [6, 6.07) is 0. The lowest BCUT2D eigenvalue weighted by Gasteiger charge is -2.31. The van der Waals surface area contributed by atoms with Gasteiger partial charge in [-0.15, -0.1) is 35.0 Å². The number of hydrogen-bond acceptors (Lipinski definition) is 6. The van der Waals surface area contributed by atoms with Gasteiger partial charge in [0.1, 0.15) is 5.51 Å². The Labute approximate surface area is 105 Å². The highest BCUT2D eigenvalue weighted by molar-refractivity contribution is 7.13. The number of morpholine rings is 1. The van der Waals surface area contributed by atoms with E-state index in [-0.39, 0.29) is 30.9 Å². The van der Waals surface area contributed by atoms with Crippen molar-refractivity contribution in [2.75, 3.05) is 31.1 Å². The minimum absolute atomic E-state index is 0. The summed E-state index contributed by atoms with van der Waals surface area (Å²) in [5.74, 6) is 0. The van der Waals surface area contributed by atoms with Crippen molar-refractivity contribution in [2.45, 2.75) is 6.10 Å². The van der Waals surface area contributed by atoms with Gasteiger partial charge in [0.2, 0.25) is 5.13 Å². The topological polar surface area (TPSA) is 64.3 Å². The number of halogens is 2. The van der Waals surface area contributed by atoms with Crippen LogP contribution in [-0.4, -0.2) is 42.5 Å². The van der Waals surface area contributed by atoms with Crippen LogP contribution in [-0.2, 0) is 4.74 Å². The van der Waals surface area contributed by atoms with Gasteiger partial charge >= 0.3 is 0 Å². The molecule has 2 N–H and O–H groups in total. The summed E-state index contributed by atoms with van der Waals surface area (Å²) in [6.45, 7) is 2.99. The van der Waals surface area contributed by atoms with Crippen molar-refractivity contribution in [2.24, 2.45) is 5.73 Å². The summed E-state index contributed by atoms with van der Waals surface area (Å²) < 4.78 is 5.45. The van der Waals surface area contributed by atoms with Crippen LogP contribution in [0.25, 0.3) is 0 Å². The molecule has 5 nitrogen and oxygen atoms in total. The van der Waals surface area contributed by atoms with Gasteiger partial charge in [-0.3, -0.25) is 0 Å². The molecule has 1 aliphatic heterocycles. The molecule has 15 heavy (non-hydrogen) atoms. The van der Waals surface area contributed by atoms with Gasteiger partial charge in [0.05, 0.1) is 12.7 Å². The second-order valence-corrected chi connectivity index (χ2v) is 3.71. The first-order valence-electron chi connectivity index (χ1n) is 4.23. The van der Waals surface area contributed by atoms with Crippen LogP contribution < -0.4 is 10.6 Å². The number of anilines is 1. The van der Waals surface area contributed by atoms with Crippen LogP contribution in [0.1, 0.15) is 0 Å². The zero-order chi connectivity index (χ0) is 9.10. The van der Waals surface area contributed by atoms with Gasteiger partial charge in [-0.25, -0.2) is 0 Å². The van der Waals surface area contributed by atoms with Gasteiger partial charge < -0.3 is 15.4 Å². The molecule has 0 bridgehead atoms. The quantitative estimate of drug-likeness (QED) is 0.852. The van der Waals surface area contributed by atoms with Gasteiger partial charge in [0.25, 0.3) is 0 Å². The normalized spacial score (nSPS) is 20.3. The largest absolute Gasteiger partial charge is 0.373 e. The molecule has 1 atom stereocenters. The first-order valence-corrected chi connectivity index (χ1v) is 5.11. The molecule has 88 valence electrons. The average molecular weight is 273 g/mol. The monoisotopic (exact) mass is 272 g/mol. The van der Waals surface area contributed by atoms with Crippen LogP contribution in [0.2, 0.25) is 0 Å². The summed E-state index contributed by atoms with van der Waals surface area (Å²) >= 11 is 1.55. The summed E-state index contributed by atoms with van der Waals surface area (Å²) in [7, 11) is 0. The molecule has 0 aliphatic carbocycles. The van der Waals surface area contributed by atoms with Gasteiger partial charge in [-0.05, 0) is 0 Å². The highest BCUT2D eigenvalue weighted by Crippen LogP contribution is 2.18. The fraction of sp³-hybridized carbons (Fsp3) is 0.714. The molecule has 1 saturated heterocycles. The Hall–Kier alpha value is -0.140. The van der Waals surface area contributed by atoms with E-state index in [9.17, 15) is 0 Å². The van der Waals surface area contributed by atoms with Crippen LogP contribution in [0.3, 0.4) is 0 Å². The van der Waals surface area contributed by atoms with Crippen LogP contribution in [0.15, 0.2) is 5.51 Å². The molecule has 1 unspecified atom stereocenters. The Morgan fingerprint density at radius 3 is 3.00 bits per heavy atom. The van der Waals surface area contributed by atoms with Crippen molar-refractivity contribution in [1.29, 1.82) is 0 Å². The summed E-state index contributed by atoms with van der Waals surface area (Å²) in [5, 5.41) is 8.77. The standard InChI is InChI=1S/C7H12N4OS.2ClH/c8-3-6-4-11(1-2-12-6)7-10-9-5-13-7;;/h5-6H,1-4,8H2;2*1H. The molecular weight excluding hydrogens is 259 g/mol. The molecule has 0 spiro atoms. The van der Waals surface area contributed by atoms with E-state index in [1.807, 2.05) is 0 Å². The Bertz CT molecular complexity index is 262. The maximum Gasteiger partial charge on any atom is 0.208 e. The van der Waals surface area contributed by atoms with Crippen molar-refractivity contribution >= 4 is 41.3 Å². The fourth-order valence-corrected chi connectivity index (χ4v) is 1.94. The molecule has 1 aliphatic rings. The molecule has 2 rings (SSSR count). The van der Waals surface area contributed by atoms with Crippen LogP contribution >= 0.6 is 36.2 Å². The van der Waals surface area contributed by atoms with E-state index in [0.717, 1.165) is 24.8 Å². The van der Waals surface area contributed by atoms with Crippen molar-refractivity contribution in [3.8, 4) is 0 Å². The molecule has 1 fully saturated rings. The lowest BCUT2D eigenvalue weighted by molar-refractivity contribution is 0.0465. The average Bonchev–Trinajstić information content (AvgIpc) is 2.71. The molecule has 1 aromatic heterocycles. The van der Waals surface area contributed by atoms with E-state index < -0.39 is 0 Å². The minimum Gasteiger partial charge on any atom is -0.373 e. The number of nitrogens with zero attached hydrogens (tertiary/aromatic N) is 3. The SMILES string of the molecule is Cl.Cl.NCC1CN(c2nncs2)CCO1. The molecule has 2 heterocycles. The molecule has 0 radical (unpaired) electrons. The Kier molecular flexibility index (Phi) is 7.12. The highest BCUT2D eigenvalue weighted by Gasteiger charge is 2.20. The third-order valence-electron chi connectivity index (χ3n) is 2.02. The number of nitrogens with two attached hydrogens (primary N) is 1. The van der Waals surface area contributed by atoms with Gasteiger partial charge in [0, 0.05) is 19.6 Å². The molecule has 8 heteroatoms. The van der Waals surface area contributed by atoms with Gasteiger partial charge in [-0.2, -0.15) is 0 Å². The zero-order valence-electron chi connectivity index (χ0n) is 8.04. The number of rotatable bonds is 2. The number of aromatic nitrogens is 2. The lowest BCUT2D eigenvalue weighted by atomic mass is 10.3. The summed E-state index contributed by atoms with van der Waals surface area (Å²) in [6.07, 6.45) is 0.137. The van der Waals surface area contributed by atoms with E-state index in [2.05, 4.69) is 15.1 Å². The molecular formula is C7H14Cl2N4OS. The lowest BCUT2D eigenvalue weighted by Crippen LogP contribution is -2.45. The predicted octanol–water partition coefficient (Wildman–Crippen LogP) is 0.546. The van der Waals surface area contributed by atoms with Crippen molar-refractivity contribution < 1.29 is 4.74 Å². The van der Waals surface area contributed by atoms with Gasteiger partial charge in [-0.1, -0.05) is 11.3 Å². The first kappa shape index (κ1) is 14.9. The van der Waals surface area contributed by atoms with Crippen molar-refractivity contribution in [1.82, 2.24) is 10.2 Å². The van der Waals surface area contributed by atoms with E-state index >= 15 is 0 Å². The predicted molar refractivity (Wildman–Crippen MR) is 65.4 cm³/mol. The van der Waals surface area contributed by atoms with Crippen LogP contribution in [0.4, 0.5) is 5.13 Å². The molecule has 0 aromatic carbocycles. The Morgan fingerprint density at radius 2 is 2.40 bits per heavy atom. The van der Waals surface area contributed by atoms with Crippen molar-refractivity contribution in [3.05, 3.63) is 5.51 Å². The van der Waals surface area contributed by atoms with Crippen molar-refractivity contribution in [3.63, 3.8) is 0 Å². The van der Waals surface area contributed by atoms with Gasteiger partial charge in [0.15, 0.2) is 0 Å². The summed E-state index contributed by atoms with van der Waals surface area (Å²) in [4.78, 5) is 2.17. The zero-order valence-corrected chi connectivity index (χ0v) is 10.5. The maximum atomic E-state index is 5.53. The van der Waals surface area contributed by atoms with E-state index in [1.165, 1.54) is 0 Å². The second kappa shape index (κ2) is 7.19. The third-order valence-corrected chi connectivity index (χ3v) is 2.77. The smallest absolute Gasteiger partial charge is 0.208 e. The summed E-state index contributed by atoms with van der Waals surface area (Å²) in [5.41, 5.74) is 7.27. The molecule has 0 saturated carbocycles. The minimum atomic E-state index is 0. The van der Waals surface area contributed by atoms with E-state index in [0.29, 0.717) is 6.54 Å². The number of ether oxygens (including phenoxy) is 1. The van der Waals surface area contributed by atoms with Crippen LogP contribution in [0.5, 0.6) is 0 Å². The second-order valence-electron chi connectivity index (χ2n) is 2.90. The molecule has 0 amide bonds. The highest BCUT2D eigenvalue weighted by atomic mass is 35.5. The Morgan fingerprint density at radius 1 is 1.60 bits per heavy atom. The number of hydrogen-bond donors (Lipinski definition) is 1. The van der Waals surface area contributed by atoms with Crippen LogP contribution in [0, 0.1) is 0 Å². The van der Waals surface area contributed by atoms with E-state index in [4.69, 9.17) is 10.5 Å². The fourth-order valence-electron chi connectivity index (χ4n) is 1.34. The third kappa shape index (κ3) is 3.73. The van der Waals surface area contributed by atoms with E-state index in [1.54, 1.807) is 16.8 Å².